The van der Waals surface area contributed by atoms with Gasteiger partial charge in [0.25, 0.3) is 5.91 Å². The SMILES string of the molecule is CN(C)C[C@@H]1CCN(C(=O)c2ccc(F)cc2O)C[C@H]1O. The van der Waals surface area contributed by atoms with Gasteiger partial charge in [0.15, 0.2) is 0 Å². The van der Waals surface area contributed by atoms with E-state index in [2.05, 4.69) is 0 Å². The number of rotatable bonds is 3. The highest BCUT2D eigenvalue weighted by Crippen LogP contribution is 2.24. The molecule has 5 nitrogen and oxygen atoms in total. The molecule has 0 aromatic heterocycles. The Morgan fingerprint density at radius 3 is 2.76 bits per heavy atom. The van der Waals surface area contributed by atoms with Crippen molar-refractivity contribution in [2.24, 2.45) is 5.92 Å². The fourth-order valence-corrected chi connectivity index (χ4v) is 2.70. The quantitative estimate of drug-likeness (QED) is 0.870. The number of hydrogen-bond acceptors (Lipinski definition) is 4. The van der Waals surface area contributed by atoms with Crippen LogP contribution in [0.3, 0.4) is 0 Å². The van der Waals surface area contributed by atoms with Crippen LogP contribution in [0.4, 0.5) is 4.39 Å². The summed E-state index contributed by atoms with van der Waals surface area (Å²) in [7, 11) is 3.89. The van der Waals surface area contributed by atoms with Crippen LogP contribution in [0, 0.1) is 11.7 Å². The number of carbonyl (C=O) groups excluding carboxylic acids is 1. The van der Waals surface area contributed by atoms with Gasteiger partial charge in [-0.25, -0.2) is 4.39 Å². The highest BCUT2D eigenvalue weighted by Gasteiger charge is 2.31. The normalized spacial score (nSPS) is 22.6. The van der Waals surface area contributed by atoms with Crippen LogP contribution in [0.1, 0.15) is 16.8 Å². The van der Waals surface area contributed by atoms with Crippen molar-refractivity contribution in [1.29, 1.82) is 0 Å². The van der Waals surface area contributed by atoms with E-state index < -0.39 is 11.9 Å². The first-order chi connectivity index (χ1) is 9.88. The number of benzene rings is 1. The fraction of sp³-hybridized carbons (Fsp3) is 0.533. The Labute approximate surface area is 123 Å². The lowest BCUT2D eigenvalue weighted by molar-refractivity contribution is 0.0123. The number of likely N-dealkylation sites (tertiary alicyclic amines) is 1. The van der Waals surface area contributed by atoms with Gasteiger partial charge in [-0.05, 0) is 32.6 Å². The molecule has 6 heteroatoms. The number of phenolic OH excluding ortho intramolecular Hbond substituents is 1. The van der Waals surface area contributed by atoms with Gasteiger partial charge in [-0.2, -0.15) is 0 Å². The number of aromatic hydroxyl groups is 1. The number of amides is 1. The summed E-state index contributed by atoms with van der Waals surface area (Å²) in [6, 6.07) is 3.33. The number of nitrogens with zero attached hydrogens (tertiary/aromatic N) is 2. The molecule has 0 unspecified atom stereocenters. The maximum absolute atomic E-state index is 13.0. The van der Waals surface area contributed by atoms with Gasteiger partial charge in [0.05, 0.1) is 11.7 Å². The summed E-state index contributed by atoms with van der Waals surface area (Å²) in [5, 5.41) is 19.8. The van der Waals surface area contributed by atoms with Crippen LogP contribution in [0.5, 0.6) is 5.75 Å². The molecule has 2 N–H and O–H groups in total. The Kier molecular flexibility index (Phi) is 4.80. The van der Waals surface area contributed by atoms with E-state index in [1.165, 1.54) is 11.0 Å². The average molecular weight is 296 g/mol. The Hall–Kier alpha value is -1.66. The van der Waals surface area contributed by atoms with Crippen molar-refractivity contribution in [2.75, 3.05) is 33.7 Å². The molecule has 1 saturated heterocycles. The van der Waals surface area contributed by atoms with Crippen LogP contribution in [0.25, 0.3) is 0 Å². The topological polar surface area (TPSA) is 64.0 Å². The highest BCUT2D eigenvalue weighted by atomic mass is 19.1. The van der Waals surface area contributed by atoms with E-state index in [-0.39, 0.29) is 29.7 Å². The second-order valence-electron chi connectivity index (χ2n) is 5.79. The molecule has 2 rings (SSSR count). The zero-order valence-corrected chi connectivity index (χ0v) is 12.3. The minimum Gasteiger partial charge on any atom is -0.507 e. The number of phenols is 1. The van der Waals surface area contributed by atoms with E-state index in [0.29, 0.717) is 13.0 Å². The summed E-state index contributed by atoms with van der Waals surface area (Å²) in [5.41, 5.74) is 0.0645. The van der Waals surface area contributed by atoms with Crippen molar-refractivity contribution in [3.63, 3.8) is 0 Å². The summed E-state index contributed by atoms with van der Waals surface area (Å²) >= 11 is 0. The van der Waals surface area contributed by atoms with Crippen molar-refractivity contribution in [1.82, 2.24) is 9.80 Å². The van der Waals surface area contributed by atoms with Gasteiger partial charge in [0.2, 0.25) is 0 Å². The van der Waals surface area contributed by atoms with Crippen LogP contribution in [0.2, 0.25) is 0 Å². The first-order valence-corrected chi connectivity index (χ1v) is 6.99. The fourth-order valence-electron chi connectivity index (χ4n) is 2.70. The maximum Gasteiger partial charge on any atom is 0.257 e. The lowest BCUT2D eigenvalue weighted by atomic mass is 9.93. The Bertz CT molecular complexity index is 522. The first-order valence-electron chi connectivity index (χ1n) is 6.99. The first kappa shape index (κ1) is 15.7. The van der Waals surface area contributed by atoms with Crippen molar-refractivity contribution >= 4 is 5.91 Å². The van der Waals surface area contributed by atoms with Crippen molar-refractivity contribution in [3.8, 4) is 5.75 Å². The molecule has 2 atom stereocenters. The molecular formula is C15H21FN2O3. The standard InChI is InChI=1S/C15H21FN2O3/c1-17(2)8-10-5-6-18(9-14(10)20)15(21)12-4-3-11(16)7-13(12)19/h3-4,7,10,14,19-20H,5-6,8-9H2,1-2H3/t10-,14+/m0/s1. The maximum atomic E-state index is 13.0. The summed E-state index contributed by atoms with van der Waals surface area (Å²) in [6.07, 6.45) is 0.111. The predicted molar refractivity (Wildman–Crippen MR) is 76.6 cm³/mol. The van der Waals surface area contributed by atoms with Crippen LogP contribution in [0.15, 0.2) is 18.2 Å². The largest absolute Gasteiger partial charge is 0.507 e. The van der Waals surface area contributed by atoms with Crippen LogP contribution < -0.4 is 0 Å². The number of aliphatic hydroxyl groups is 1. The molecule has 0 bridgehead atoms. The van der Waals surface area contributed by atoms with E-state index >= 15 is 0 Å². The zero-order chi connectivity index (χ0) is 15.6. The third kappa shape index (κ3) is 3.71. The van der Waals surface area contributed by atoms with Gasteiger partial charge >= 0.3 is 0 Å². The highest BCUT2D eigenvalue weighted by molar-refractivity contribution is 5.96. The summed E-state index contributed by atoms with van der Waals surface area (Å²) < 4.78 is 13.0. The smallest absolute Gasteiger partial charge is 0.257 e. The molecule has 0 radical (unpaired) electrons. The molecule has 1 aromatic carbocycles. The molecule has 1 heterocycles. The lowest BCUT2D eigenvalue weighted by Crippen LogP contribution is -2.49. The van der Waals surface area contributed by atoms with Crippen LogP contribution in [-0.4, -0.2) is 65.8 Å². The number of β-amino-alcohol motifs (C(OH)–C–C–N with tert-alkyl or cyclic N) is 1. The summed E-state index contributed by atoms with van der Waals surface area (Å²) in [6.45, 7) is 1.52. The van der Waals surface area contributed by atoms with Gasteiger partial charge in [0.1, 0.15) is 11.6 Å². The number of halogens is 1. The third-order valence-corrected chi connectivity index (χ3v) is 3.80. The number of hydrogen-bond donors (Lipinski definition) is 2. The van der Waals surface area contributed by atoms with Gasteiger partial charge in [0, 0.05) is 31.6 Å². The second-order valence-corrected chi connectivity index (χ2v) is 5.79. The van der Waals surface area contributed by atoms with E-state index in [4.69, 9.17) is 0 Å². The average Bonchev–Trinajstić information content (AvgIpc) is 2.40. The minimum absolute atomic E-state index is 0.0645. The molecule has 21 heavy (non-hydrogen) atoms. The van der Waals surface area contributed by atoms with Gasteiger partial charge in [-0.3, -0.25) is 4.79 Å². The van der Waals surface area contributed by atoms with Gasteiger partial charge in [-0.1, -0.05) is 0 Å². The van der Waals surface area contributed by atoms with E-state index in [1.54, 1.807) is 0 Å². The predicted octanol–water partition coefficient (Wildman–Crippen LogP) is 0.916. The van der Waals surface area contributed by atoms with E-state index in [1.807, 2.05) is 19.0 Å². The molecule has 1 fully saturated rings. The van der Waals surface area contributed by atoms with Crippen molar-refractivity contribution in [3.05, 3.63) is 29.6 Å². The van der Waals surface area contributed by atoms with Crippen molar-refractivity contribution in [2.45, 2.75) is 12.5 Å². The van der Waals surface area contributed by atoms with Crippen molar-refractivity contribution < 1.29 is 19.4 Å². The molecule has 1 aromatic rings. The zero-order valence-electron chi connectivity index (χ0n) is 12.3. The third-order valence-electron chi connectivity index (χ3n) is 3.80. The number of piperidine rings is 1. The lowest BCUT2D eigenvalue weighted by Gasteiger charge is -2.37. The summed E-state index contributed by atoms with van der Waals surface area (Å²) in [4.78, 5) is 15.8. The molecular weight excluding hydrogens is 275 g/mol. The molecule has 1 aliphatic rings. The second kappa shape index (κ2) is 6.41. The van der Waals surface area contributed by atoms with Gasteiger partial charge < -0.3 is 20.0 Å². The molecule has 1 amide bonds. The van der Waals surface area contributed by atoms with E-state index in [9.17, 15) is 19.4 Å². The molecule has 1 aliphatic heterocycles. The molecule has 0 aliphatic carbocycles. The van der Waals surface area contributed by atoms with E-state index in [0.717, 1.165) is 18.7 Å². The van der Waals surface area contributed by atoms with Crippen LogP contribution in [-0.2, 0) is 0 Å². The summed E-state index contributed by atoms with van der Waals surface area (Å²) in [5.74, 6) is -1.21. The molecule has 116 valence electrons. The van der Waals surface area contributed by atoms with Crippen LogP contribution >= 0.6 is 0 Å². The minimum atomic E-state index is -0.590. The Morgan fingerprint density at radius 2 is 2.19 bits per heavy atom. The monoisotopic (exact) mass is 296 g/mol. The Morgan fingerprint density at radius 1 is 1.48 bits per heavy atom. The molecule has 0 spiro atoms. The molecule has 0 saturated carbocycles. The van der Waals surface area contributed by atoms with Gasteiger partial charge in [-0.15, -0.1) is 0 Å². The number of aliphatic hydroxyl groups excluding tert-OH is 1. The number of carbonyl (C=O) groups is 1. The Balaban J connectivity index is 2.05.